The molecule has 102 heavy (non-hydrogen) atoms. The van der Waals surface area contributed by atoms with Gasteiger partial charge in [0.15, 0.2) is 70.4 Å². The summed E-state index contributed by atoms with van der Waals surface area (Å²) in [6.45, 7) is 10.0. The third-order valence-electron chi connectivity index (χ3n) is 18.9. The maximum Gasteiger partial charge on any atom is 0.367 e. The van der Waals surface area contributed by atoms with Crippen LogP contribution < -0.4 is 9.47 Å². The molecular formula is C76H79F2N4O17S3+. The highest BCUT2D eigenvalue weighted by Gasteiger charge is 2.69. The lowest BCUT2D eigenvalue weighted by atomic mass is 9.87. The molecule has 4 aliphatic carbocycles. The quantitative estimate of drug-likeness (QED) is 0.0160. The van der Waals surface area contributed by atoms with E-state index in [-0.39, 0.29) is 96.5 Å². The van der Waals surface area contributed by atoms with Crippen molar-refractivity contribution in [3.05, 3.63) is 168 Å². The van der Waals surface area contributed by atoms with E-state index in [0.29, 0.717) is 36.2 Å². The Labute approximate surface area is 597 Å². The second kappa shape index (κ2) is 31.6. The molecule has 2 aliphatic heterocycles. The molecule has 6 aromatic carbocycles. The van der Waals surface area contributed by atoms with Crippen LogP contribution in [0.2, 0.25) is 0 Å². The summed E-state index contributed by atoms with van der Waals surface area (Å²) in [5, 5.41) is 21.3. The van der Waals surface area contributed by atoms with Gasteiger partial charge in [0.2, 0.25) is 0 Å². The molecule has 0 N–H and O–H groups in total. The third-order valence-corrected chi connectivity index (χ3v) is 24.2. The van der Waals surface area contributed by atoms with Gasteiger partial charge in [0.05, 0.1) is 64.2 Å². The molecule has 10 atom stereocenters. The minimum atomic E-state index is -6.00. The summed E-state index contributed by atoms with van der Waals surface area (Å²) in [5.74, 6) is -3.46. The van der Waals surface area contributed by atoms with Gasteiger partial charge < -0.3 is 42.4 Å². The van der Waals surface area contributed by atoms with E-state index in [4.69, 9.17) is 33.2 Å². The van der Waals surface area contributed by atoms with E-state index in [9.17, 15) is 61.0 Å². The predicted molar refractivity (Wildman–Crippen MR) is 365 cm³/mol. The zero-order valence-corrected chi connectivity index (χ0v) is 59.9. The summed E-state index contributed by atoms with van der Waals surface area (Å²) in [5.41, 5.74) is 0.754. The first-order chi connectivity index (χ1) is 48.5. The Morgan fingerprint density at radius 1 is 0.559 bits per heavy atom. The summed E-state index contributed by atoms with van der Waals surface area (Å²) in [6.07, 6.45) is 3.58. The van der Waals surface area contributed by atoms with Gasteiger partial charge in [-0.1, -0.05) is 72.8 Å². The number of benzene rings is 6. The summed E-state index contributed by atoms with van der Waals surface area (Å²) in [4.78, 5) is 80.3. The van der Waals surface area contributed by atoms with E-state index in [1.54, 1.807) is 13.0 Å². The number of carbonyl (C=O) groups excluding carboxylic acids is 6. The number of azo groups is 1. The number of halogens is 2. The van der Waals surface area contributed by atoms with Crippen molar-refractivity contribution in [1.82, 2.24) is 0 Å². The highest BCUT2D eigenvalue weighted by Crippen LogP contribution is 2.62. The Morgan fingerprint density at radius 2 is 0.892 bits per heavy atom. The van der Waals surface area contributed by atoms with Crippen molar-refractivity contribution in [2.75, 3.05) is 26.4 Å². The standard InChI is InChI=1S/2C30H29O5S.C16H22F2N4O7S/c2*1-19-13-24(36(22-9-5-3-6-10-22)23-11-7-4-8-12-23)14-20(2)28(19)33-18-27(31)34-30-17-21-15-25(26(30)16-21)29(32)35-30;1-4-28-12(23)5-7-14(2,9-19)21-22-15(3,10-20)8-6-13(24)29-11-16(17,18)30(25,26)27/h2*3-14,21,25-26H,15-18H2,1-2H3;4-8,11H2,1-3H3,(H,25,26,27)/q2*+1;/p-1. The number of carbonyl (C=O) groups is 6. The van der Waals surface area contributed by atoms with Crippen LogP contribution in [0.5, 0.6) is 11.5 Å². The molecule has 26 heteroatoms. The average molecular weight is 1450 g/mol. The van der Waals surface area contributed by atoms with Crippen molar-refractivity contribution >= 4 is 67.7 Å². The van der Waals surface area contributed by atoms with E-state index in [2.05, 4.69) is 136 Å². The van der Waals surface area contributed by atoms with Gasteiger partial charge in [0, 0.05) is 49.9 Å². The van der Waals surface area contributed by atoms with Crippen LogP contribution in [0.25, 0.3) is 0 Å². The van der Waals surface area contributed by atoms with Crippen LogP contribution in [0.3, 0.4) is 0 Å². The van der Waals surface area contributed by atoms with Gasteiger partial charge in [-0.25, -0.2) is 18.0 Å². The smallest absolute Gasteiger partial charge is 0.367 e. The highest BCUT2D eigenvalue weighted by molar-refractivity contribution is 7.97. The van der Waals surface area contributed by atoms with Crippen LogP contribution in [0, 0.1) is 85.9 Å². The van der Waals surface area contributed by atoms with Crippen molar-refractivity contribution in [2.45, 2.75) is 170 Å². The summed E-state index contributed by atoms with van der Waals surface area (Å²) >= 11 is 0. The largest absolute Gasteiger partial charge is 0.743 e. The van der Waals surface area contributed by atoms with Crippen LogP contribution in [-0.4, -0.2) is 103 Å². The van der Waals surface area contributed by atoms with E-state index >= 15 is 0 Å². The Balaban J connectivity index is 0.000000166. The highest BCUT2D eigenvalue weighted by atomic mass is 32.2. The molecule has 0 spiro atoms. The fourth-order valence-corrected chi connectivity index (χ4v) is 18.9. The van der Waals surface area contributed by atoms with E-state index in [1.165, 1.54) is 43.2 Å². The van der Waals surface area contributed by atoms with Crippen molar-refractivity contribution in [1.29, 1.82) is 10.5 Å². The molecule has 6 aliphatic rings. The zero-order chi connectivity index (χ0) is 73.4. The Hall–Kier alpha value is -9.21. The Bertz CT molecular complexity index is 4010. The lowest BCUT2D eigenvalue weighted by Crippen LogP contribution is -2.40. The maximum atomic E-state index is 13.0. The van der Waals surface area contributed by atoms with Crippen LogP contribution >= 0.6 is 0 Å². The Kier molecular flexibility index (Phi) is 23.4. The fourth-order valence-electron chi connectivity index (χ4n) is 14.2. The fraction of sp³-hybridized carbons (Fsp3) is 0.421. The van der Waals surface area contributed by atoms with Crippen molar-refractivity contribution < 1.29 is 88.4 Å². The zero-order valence-electron chi connectivity index (χ0n) is 57.4. The molecule has 2 heterocycles. The average Bonchev–Trinajstić information content (AvgIpc) is 1.56. The SMILES string of the molecule is CCOC(=O)CCC(C)(C#N)N=NC(C)(C#N)CCC(=O)OCC(F)(F)S(=O)(=O)[O-].Cc1cc([S+](c2ccccc2)c2ccccc2)cc(C)c1OCC(=O)OC12CC3CC(C(=O)O1)C2C3.Cc1cc([S+](c2ccccc2)c2ccccc2)cc(C)c1OCC(=O)OC12CC3CC(C(=O)O1)C2C3. The van der Waals surface area contributed by atoms with E-state index in [0.717, 1.165) is 47.9 Å². The first-order valence-corrected chi connectivity index (χ1v) is 37.3. The molecule has 12 rings (SSSR count). The van der Waals surface area contributed by atoms with Crippen molar-refractivity contribution in [3.63, 3.8) is 0 Å². The van der Waals surface area contributed by atoms with Gasteiger partial charge in [-0.15, -0.1) is 0 Å². The molecular weight excluding hydrogens is 1380 g/mol. The maximum absolute atomic E-state index is 13.0. The number of rotatable bonds is 26. The number of esters is 6. The minimum Gasteiger partial charge on any atom is -0.743 e. The number of alkyl halides is 2. The molecule has 21 nitrogen and oxygen atoms in total. The van der Waals surface area contributed by atoms with E-state index < -0.39 is 74.9 Å². The summed E-state index contributed by atoms with van der Waals surface area (Å²) in [6, 6.07) is 54.2. The first-order valence-electron chi connectivity index (χ1n) is 33.5. The first kappa shape index (κ1) is 75.5. The summed E-state index contributed by atoms with van der Waals surface area (Å²) in [7, 11) is -6.52. The topological polar surface area (TPSA) is 306 Å². The third kappa shape index (κ3) is 17.3. The van der Waals surface area contributed by atoms with Gasteiger partial charge in [0.25, 0.3) is 11.6 Å². The van der Waals surface area contributed by atoms with Crippen molar-refractivity contribution in [2.24, 2.45) is 45.7 Å². The predicted octanol–water partition coefficient (Wildman–Crippen LogP) is 13.0. The second-order valence-corrected chi connectivity index (χ2v) is 32.2. The lowest BCUT2D eigenvalue weighted by molar-refractivity contribution is -0.225. The number of hydrogen-bond acceptors (Lipinski definition) is 21. The molecule has 10 unspecified atom stereocenters. The molecule has 6 fully saturated rings. The van der Waals surface area contributed by atoms with E-state index in [1.807, 2.05) is 58.0 Å². The van der Waals surface area contributed by atoms with Crippen LogP contribution in [-0.2, 0) is 89.1 Å². The minimum absolute atomic E-state index is 0.00407. The molecule has 0 amide bonds. The molecule has 0 aromatic heterocycles. The van der Waals surface area contributed by atoms with Crippen LogP contribution in [0.15, 0.2) is 185 Å². The normalized spacial score (nSPS) is 22.9. The molecule has 4 bridgehead atoms. The monoisotopic (exact) mass is 1450 g/mol. The molecule has 6 aromatic rings. The van der Waals surface area contributed by atoms with Gasteiger partial charge in [-0.3, -0.25) is 19.2 Å². The van der Waals surface area contributed by atoms with Gasteiger partial charge in [-0.05, 0) is 170 Å². The summed E-state index contributed by atoms with van der Waals surface area (Å²) < 4.78 is 100. The van der Waals surface area contributed by atoms with Gasteiger partial charge in [-0.2, -0.15) is 29.5 Å². The number of nitriles is 2. The van der Waals surface area contributed by atoms with Gasteiger partial charge in [0.1, 0.15) is 11.5 Å². The second-order valence-electron chi connectivity index (χ2n) is 26.7. The number of fused-ring (bicyclic) bond motifs is 2. The number of aryl methyl sites for hydroxylation is 4. The molecule has 536 valence electrons. The van der Waals surface area contributed by atoms with Crippen LogP contribution in [0.4, 0.5) is 8.78 Å². The number of nitrogens with zero attached hydrogens (tertiary/aromatic N) is 4. The molecule has 2 saturated heterocycles. The van der Waals surface area contributed by atoms with Crippen molar-refractivity contribution in [3.8, 4) is 23.6 Å². The Morgan fingerprint density at radius 3 is 1.20 bits per heavy atom. The number of ether oxygens (including phenoxy) is 8. The molecule has 4 saturated carbocycles. The lowest BCUT2D eigenvalue weighted by Gasteiger charge is -2.29. The van der Waals surface area contributed by atoms with Gasteiger partial charge >= 0.3 is 41.1 Å². The van der Waals surface area contributed by atoms with Crippen LogP contribution in [0.1, 0.15) is 107 Å². The molecule has 0 radical (unpaired) electrons. The number of hydrogen-bond donors (Lipinski definition) is 0.